The molecule has 1 aliphatic rings. The first-order valence-corrected chi connectivity index (χ1v) is 12.1. The summed E-state index contributed by atoms with van der Waals surface area (Å²) >= 11 is 0. The molecular formula is C25H24F6N6O5. The zero-order chi connectivity index (χ0) is 31.2. The van der Waals surface area contributed by atoms with Crippen molar-refractivity contribution in [2.45, 2.75) is 25.8 Å². The first-order valence-electron chi connectivity index (χ1n) is 12.1. The fourth-order valence-electron chi connectivity index (χ4n) is 3.79. The summed E-state index contributed by atoms with van der Waals surface area (Å²) in [5.74, 6) is -4.23. The summed E-state index contributed by atoms with van der Waals surface area (Å²) in [6.45, 7) is 5.18. The van der Waals surface area contributed by atoms with Gasteiger partial charge in [0.2, 0.25) is 0 Å². The molecule has 0 atom stereocenters. The monoisotopic (exact) mass is 602 g/mol. The molecule has 0 saturated carbocycles. The van der Waals surface area contributed by atoms with Crippen LogP contribution in [0.15, 0.2) is 48.5 Å². The molecule has 0 radical (unpaired) electrons. The van der Waals surface area contributed by atoms with Gasteiger partial charge in [0.15, 0.2) is 5.65 Å². The van der Waals surface area contributed by atoms with Crippen molar-refractivity contribution in [2.24, 2.45) is 5.92 Å². The van der Waals surface area contributed by atoms with E-state index >= 15 is 0 Å². The summed E-state index contributed by atoms with van der Waals surface area (Å²) < 4.78 is 67.6. The number of aryl methyl sites for hydroxylation is 1. The molecule has 1 amide bonds. The van der Waals surface area contributed by atoms with E-state index in [2.05, 4.69) is 37.5 Å². The highest BCUT2D eigenvalue weighted by Crippen LogP contribution is 2.24. The third-order valence-corrected chi connectivity index (χ3v) is 5.92. The smallest absolute Gasteiger partial charge is 0.475 e. The Morgan fingerprint density at radius 3 is 2.00 bits per heavy atom. The van der Waals surface area contributed by atoms with Gasteiger partial charge in [-0.25, -0.2) is 9.59 Å². The lowest BCUT2D eigenvalue weighted by atomic mass is 10.0. The molecule has 17 heteroatoms. The molecule has 0 bridgehead atoms. The van der Waals surface area contributed by atoms with E-state index in [0.29, 0.717) is 24.7 Å². The predicted octanol–water partition coefficient (Wildman–Crippen LogP) is 3.26. The Morgan fingerprint density at radius 2 is 1.50 bits per heavy atom. The Bertz CT molecular complexity index is 1540. The third kappa shape index (κ3) is 7.96. The number of amides is 1. The van der Waals surface area contributed by atoms with Crippen molar-refractivity contribution >= 4 is 34.5 Å². The van der Waals surface area contributed by atoms with Crippen molar-refractivity contribution in [2.75, 3.05) is 19.6 Å². The van der Waals surface area contributed by atoms with Crippen LogP contribution in [0.2, 0.25) is 0 Å². The molecule has 1 aromatic carbocycles. The van der Waals surface area contributed by atoms with Gasteiger partial charge in [-0.15, -0.1) is 10.2 Å². The zero-order valence-electron chi connectivity index (χ0n) is 21.7. The maximum Gasteiger partial charge on any atom is 0.490 e. The van der Waals surface area contributed by atoms with Gasteiger partial charge in [-0.05, 0) is 30.7 Å². The highest BCUT2D eigenvalue weighted by molar-refractivity contribution is 5.98. The van der Waals surface area contributed by atoms with Gasteiger partial charge in [-0.1, -0.05) is 30.3 Å². The fourth-order valence-corrected chi connectivity index (χ4v) is 3.79. The van der Waals surface area contributed by atoms with Crippen LogP contribution >= 0.6 is 0 Å². The second-order valence-corrected chi connectivity index (χ2v) is 8.99. The molecule has 4 heterocycles. The van der Waals surface area contributed by atoms with Crippen LogP contribution in [0.4, 0.5) is 26.3 Å². The molecule has 42 heavy (non-hydrogen) atoms. The highest BCUT2D eigenvalue weighted by atomic mass is 19.4. The molecular weight excluding hydrogens is 578 g/mol. The minimum absolute atomic E-state index is 0.0436. The Labute approximate surface area is 232 Å². The fraction of sp³-hybridized carbons (Fsp3) is 0.320. The number of hydrogen-bond donors (Lipinski definition) is 4. The van der Waals surface area contributed by atoms with Crippen LogP contribution in [0.5, 0.6) is 0 Å². The number of benzene rings is 1. The minimum Gasteiger partial charge on any atom is -0.475 e. The summed E-state index contributed by atoms with van der Waals surface area (Å²) in [5, 5.41) is 29.0. The SMILES string of the molecule is Cc1nnc2ccc3c(cc(C(=O)NCC4CNC4)n3Cc3ccccc3)n12.O=C(O)C(F)(F)F.O=C(O)C(F)(F)F. The Morgan fingerprint density at radius 1 is 0.929 bits per heavy atom. The lowest BCUT2D eigenvalue weighted by Crippen LogP contribution is -2.48. The number of nitrogens with zero attached hydrogens (tertiary/aromatic N) is 4. The van der Waals surface area contributed by atoms with Crippen molar-refractivity contribution < 1.29 is 50.9 Å². The van der Waals surface area contributed by atoms with Gasteiger partial charge in [-0.3, -0.25) is 9.20 Å². The number of aromatic nitrogens is 4. The van der Waals surface area contributed by atoms with Gasteiger partial charge in [0.05, 0.1) is 11.0 Å². The first kappa shape index (κ1) is 31.9. The molecule has 5 rings (SSSR count). The van der Waals surface area contributed by atoms with Crippen molar-refractivity contribution in [3.05, 3.63) is 65.6 Å². The van der Waals surface area contributed by atoms with Crippen LogP contribution in [0.1, 0.15) is 21.9 Å². The van der Waals surface area contributed by atoms with Crippen LogP contribution in [-0.4, -0.2) is 79.2 Å². The van der Waals surface area contributed by atoms with Gasteiger partial charge in [0.25, 0.3) is 5.91 Å². The molecule has 0 unspecified atom stereocenters. The molecule has 1 saturated heterocycles. The first-order chi connectivity index (χ1) is 19.6. The number of rotatable bonds is 5. The summed E-state index contributed by atoms with van der Waals surface area (Å²) in [7, 11) is 0. The van der Waals surface area contributed by atoms with E-state index in [-0.39, 0.29) is 5.91 Å². The molecule has 3 aromatic heterocycles. The molecule has 226 valence electrons. The summed E-state index contributed by atoms with van der Waals surface area (Å²) in [6.07, 6.45) is -10.2. The number of carbonyl (C=O) groups excluding carboxylic acids is 1. The van der Waals surface area contributed by atoms with Crippen molar-refractivity contribution in [3.63, 3.8) is 0 Å². The Hall–Kier alpha value is -4.67. The second kappa shape index (κ2) is 12.9. The predicted molar refractivity (Wildman–Crippen MR) is 135 cm³/mol. The summed E-state index contributed by atoms with van der Waals surface area (Å²) in [4.78, 5) is 30.8. The minimum atomic E-state index is -5.08. The molecule has 4 aromatic rings. The number of carbonyl (C=O) groups is 3. The zero-order valence-corrected chi connectivity index (χ0v) is 21.7. The van der Waals surface area contributed by atoms with Gasteiger partial charge in [-0.2, -0.15) is 26.3 Å². The van der Waals surface area contributed by atoms with E-state index in [1.54, 1.807) is 0 Å². The van der Waals surface area contributed by atoms with E-state index < -0.39 is 24.3 Å². The molecule has 0 aliphatic carbocycles. The van der Waals surface area contributed by atoms with Gasteiger partial charge >= 0.3 is 24.3 Å². The topological polar surface area (TPSA) is 151 Å². The largest absolute Gasteiger partial charge is 0.490 e. The van der Waals surface area contributed by atoms with Crippen LogP contribution < -0.4 is 10.6 Å². The van der Waals surface area contributed by atoms with Crippen LogP contribution in [0.3, 0.4) is 0 Å². The van der Waals surface area contributed by atoms with Gasteiger partial charge in [0.1, 0.15) is 11.5 Å². The van der Waals surface area contributed by atoms with E-state index in [9.17, 15) is 31.1 Å². The lowest BCUT2D eigenvalue weighted by Gasteiger charge is -2.27. The summed E-state index contributed by atoms with van der Waals surface area (Å²) in [6, 6.07) is 16.1. The average molecular weight is 602 g/mol. The number of nitrogens with one attached hydrogen (secondary N) is 2. The lowest BCUT2D eigenvalue weighted by molar-refractivity contribution is -0.193. The number of hydrogen-bond acceptors (Lipinski definition) is 6. The molecule has 11 nitrogen and oxygen atoms in total. The van der Waals surface area contributed by atoms with E-state index in [4.69, 9.17) is 19.8 Å². The van der Waals surface area contributed by atoms with E-state index in [0.717, 1.165) is 41.2 Å². The Balaban J connectivity index is 0.000000289. The number of carboxylic acids is 2. The van der Waals surface area contributed by atoms with Gasteiger partial charge in [0, 0.05) is 32.1 Å². The number of carboxylic acid groups (broad SMARTS) is 2. The van der Waals surface area contributed by atoms with Crippen molar-refractivity contribution in [1.82, 2.24) is 29.8 Å². The van der Waals surface area contributed by atoms with Crippen LogP contribution in [0, 0.1) is 12.8 Å². The second-order valence-electron chi connectivity index (χ2n) is 8.99. The number of fused-ring (bicyclic) bond motifs is 3. The maximum absolute atomic E-state index is 13.0. The number of aliphatic carboxylic acids is 2. The van der Waals surface area contributed by atoms with E-state index in [1.807, 2.05) is 47.7 Å². The highest BCUT2D eigenvalue weighted by Gasteiger charge is 2.38. The van der Waals surface area contributed by atoms with Crippen LogP contribution in [-0.2, 0) is 16.1 Å². The molecule has 4 N–H and O–H groups in total. The van der Waals surface area contributed by atoms with Crippen molar-refractivity contribution in [1.29, 1.82) is 0 Å². The maximum atomic E-state index is 13.0. The molecule has 1 fully saturated rings. The number of pyridine rings is 1. The quantitative estimate of drug-likeness (QED) is 0.254. The summed E-state index contributed by atoms with van der Waals surface area (Å²) in [5.41, 5.74) is 4.54. The van der Waals surface area contributed by atoms with Crippen LogP contribution in [0.25, 0.3) is 16.7 Å². The standard InChI is InChI=1S/C21H22N6O.2C2HF3O2/c1-14-24-25-20-8-7-17-18(27(14)20)9-19(21(28)23-12-16-10-22-11-16)26(17)13-15-5-3-2-4-6-15;2*3-2(4,5)1(6)7/h2-9,16,22H,10-13H2,1H3,(H,23,28);2*(H,6,7). The third-order valence-electron chi connectivity index (χ3n) is 5.92. The van der Waals surface area contributed by atoms with Crippen molar-refractivity contribution in [3.8, 4) is 0 Å². The average Bonchev–Trinajstić information content (AvgIpc) is 3.43. The normalized spacial score (nSPS) is 13.4. The Kier molecular flexibility index (Phi) is 9.77. The number of halogens is 6. The molecule has 1 aliphatic heterocycles. The van der Waals surface area contributed by atoms with Gasteiger partial charge < -0.3 is 25.4 Å². The number of alkyl halides is 6. The molecule has 0 spiro atoms. The van der Waals surface area contributed by atoms with E-state index in [1.165, 1.54) is 0 Å².